The van der Waals surface area contributed by atoms with Gasteiger partial charge in [-0.2, -0.15) is 0 Å². The van der Waals surface area contributed by atoms with Gasteiger partial charge in [-0.15, -0.1) is 0 Å². The van der Waals surface area contributed by atoms with E-state index in [0.717, 1.165) is 32.5 Å². The fourth-order valence-corrected chi connectivity index (χ4v) is 2.50. The van der Waals surface area contributed by atoms with Crippen LogP contribution in [0.1, 0.15) is 39.5 Å². The summed E-state index contributed by atoms with van der Waals surface area (Å²) in [6.45, 7) is 7.13. The van der Waals surface area contributed by atoms with E-state index in [0.29, 0.717) is 19.1 Å². The Morgan fingerprint density at radius 2 is 1.65 bits per heavy atom. The van der Waals surface area contributed by atoms with Gasteiger partial charge >= 0.3 is 0 Å². The van der Waals surface area contributed by atoms with E-state index < -0.39 is 0 Å². The normalized spacial score (nSPS) is 35.5. The summed E-state index contributed by atoms with van der Waals surface area (Å²) in [5, 5.41) is 0. The van der Waals surface area contributed by atoms with Crippen LogP contribution in [0.4, 0.5) is 0 Å². The highest BCUT2D eigenvalue weighted by molar-refractivity contribution is 4.89. The summed E-state index contributed by atoms with van der Waals surface area (Å²) in [5.74, 6) is 0.581. The van der Waals surface area contributed by atoms with Gasteiger partial charge in [-0.25, -0.2) is 0 Å². The predicted octanol–water partition coefficient (Wildman–Crippen LogP) is 3.12. The molecule has 4 nitrogen and oxygen atoms in total. The number of hydrogen-bond acceptors (Lipinski definition) is 4. The lowest BCUT2D eigenvalue weighted by molar-refractivity contribution is -0.278. The number of ether oxygens (including phenoxy) is 4. The SMILES string of the molecule is CC/C=C/[C@H]1CO[C@H]([C@H]2CO[C@H](CCCC)OC2)OC1. The minimum absolute atomic E-state index is 0.0324. The fourth-order valence-electron chi connectivity index (χ4n) is 2.50. The molecule has 2 saturated heterocycles. The van der Waals surface area contributed by atoms with Crippen molar-refractivity contribution in [2.24, 2.45) is 11.8 Å². The van der Waals surface area contributed by atoms with E-state index in [-0.39, 0.29) is 18.5 Å². The van der Waals surface area contributed by atoms with Crippen molar-refractivity contribution >= 4 is 0 Å². The molecule has 2 rings (SSSR count). The summed E-state index contributed by atoms with van der Waals surface area (Å²) in [4.78, 5) is 0. The van der Waals surface area contributed by atoms with Gasteiger partial charge in [-0.3, -0.25) is 0 Å². The highest BCUT2D eigenvalue weighted by Crippen LogP contribution is 2.24. The molecule has 4 heteroatoms. The van der Waals surface area contributed by atoms with Crippen molar-refractivity contribution in [1.82, 2.24) is 0 Å². The molecule has 0 saturated carbocycles. The van der Waals surface area contributed by atoms with Crippen LogP contribution in [0.15, 0.2) is 12.2 Å². The van der Waals surface area contributed by atoms with Crippen molar-refractivity contribution in [2.75, 3.05) is 26.4 Å². The molecule has 0 aromatic rings. The Morgan fingerprint density at radius 1 is 0.950 bits per heavy atom. The van der Waals surface area contributed by atoms with Gasteiger partial charge < -0.3 is 18.9 Å². The van der Waals surface area contributed by atoms with Crippen LogP contribution in [0.2, 0.25) is 0 Å². The quantitative estimate of drug-likeness (QED) is 0.702. The Morgan fingerprint density at radius 3 is 2.25 bits per heavy atom. The summed E-state index contributed by atoms with van der Waals surface area (Å²) in [6.07, 6.45) is 8.52. The van der Waals surface area contributed by atoms with Crippen LogP contribution in [0.3, 0.4) is 0 Å². The number of hydrogen-bond donors (Lipinski definition) is 0. The minimum Gasteiger partial charge on any atom is -0.352 e. The molecule has 0 spiro atoms. The Bertz CT molecular complexity index is 276. The highest BCUT2D eigenvalue weighted by Gasteiger charge is 2.32. The molecule has 2 aliphatic rings. The van der Waals surface area contributed by atoms with E-state index in [1.807, 2.05) is 0 Å². The van der Waals surface area contributed by atoms with Gasteiger partial charge in [0.2, 0.25) is 0 Å². The lowest BCUT2D eigenvalue weighted by Crippen LogP contribution is -2.44. The first-order valence-electron chi connectivity index (χ1n) is 7.96. The third kappa shape index (κ3) is 4.85. The lowest BCUT2D eigenvalue weighted by atomic mass is 10.1. The maximum Gasteiger partial charge on any atom is 0.164 e. The molecule has 0 aromatic carbocycles. The first-order valence-corrected chi connectivity index (χ1v) is 7.96. The maximum absolute atomic E-state index is 5.81. The van der Waals surface area contributed by atoms with Crippen molar-refractivity contribution in [3.05, 3.63) is 12.2 Å². The van der Waals surface area contributed by atoms with Crippen LogP contribution in [0, 0.1) is 11.8 Å². The molecule has 0 unspecified atom stereocenters. The Labute approximate surface area is 122 Å². The van der Waals surface area contributed by atoms with Crippen molar-refractivity contribution in [1.29, 1.82) is 0 Å². The highest BCUT2D eigenvalue weighted by atomic mass is 16.7. The second kappa shape index (κ2) is 8.78. The van der Waals surface area contributed by atoms with Gasteiger partial charge in [0, 0.05) is 5.92 Å². The van der Waals surface area contributed by atoms with Gasteiger partial charge in [0.05, 0.1) is 32.3 Å². The molecule has 0 aliphatic carbocycles. The predicted molar refractivity (Wildman–Crippen MR) is 77.3 cm³/mol. The van der Waals surface area contributed by atoms with E-state index >= 15 is 0 Å². The van der Waals surface area contributed by atoms with Gasteiger partial charge in [0.1, 0.15) is 0 Å². The zero-order valence-corrected chi connectivity index (χ0v) is 12.8. The summed E-state index contributed by atoms with van der Waals surface area (Å²) < 4.78 is 23.1. The van der Waals surface area contributed by atoms with Crippen LogP contribution < -0.4 is 0 Å². The lowest BCUT2D eigenvalue weighted by Gasteiger charge is -2.37. The van der Waals surface area contributed by atoms with Crippen molar-refractivity contribution in [2.45, 2.75) is 52.1 Å². The monoisotopic (exact) mass is 284 g/mol. The van der Waals surface area contributed by atoms with E-state index in [1.54, 1.807) is 0 Å². The van der Waals surface area contributed by atoms with Gasteiger partial charge in [0.25, 0.3) is 0 Å². The molecular formula is C16H28O4. The number of unbranched alkanes of at least 4 members (excludes halogenated alkanes) is 1. The largest absolute Gasteiger partial charge is 0.352 e. The average Bonchev–Trinajstić information content (AvgIpc) is 2.52. The molecule has 0 N–H and O–H groups in total. The molecule has 2 heterocycles. The van der Waals surface area contributed by atoms with E-state index in [2.05, 4.69) is 26.0 Å². The number of allylic oxidation sites excluding steroid dienone is 1. The van der Waals surface area contributed by atoms with Crippen molar-refractivity contribution in [3.8, 4) is 0 Å². The summed E-state index contributed by atoms with van der Waals surface area (Å²) in [7, 11) is 0. The molecule has 20 heavy (non-hydrogen) atoms. The topological polar surface area (TPSA) is 36.9 Å². The minimum atomic E-state index is -0.173. The third-order valence-corrected chi connectivity index (χ3v) is 3.76. The standard InChI is InChI=1S/C16H28O4/c1-3-5-7-13-9-19-16(20-10-13)14-11-17-15(18-12-14)8-6-4-2/h5,7,13-16H,3-4,6,8-12H2,1-2H3/b7-5+/t13-,14-,15-,16-. The molecule has 0 radical (unpaired) electrons. The Balaban J connectivity index is 1.66. The Hall–Kier alpha value is -0.420. The first-order chi connectivity index (χ1) is 9.83. The summed E-state index contributed by atoms with van der Waals surface area (Å²) >= 11 is 0. The zero-order chi connectivity index (χ0) is 14.2. The van der Waals surface area contributed by atoms with Gasteiger partial charge in [0.15, 0.2) is 12.6 Å². The van der Waals surface area contributed by atoms with Gasteiger partial charge in [-0.1, -0.05) is 32.4 Å². The van der Waals surface area contributed by atoms with E-state index in [1.165, 1.54) is 6.42 Å². The summed E-state index contributed by atoms with van der Waals surface area (Å²) in [6, 6.07) is 0. The second-order valence-corrected chi connectivity index (χ2v) is 5.63. The fraction of sp³-hybridized carbons (Fsp3) is 0.875. The maximum atomic E-state index is 5.81. The second-order valence-electron chi connectivity index (χ2n) is 5.63. The van der Waals surface area contributed by atoms with Crippen LogP contribution in [0.25, 0.3) is 0 Å². The molecule has 116 valence electrons. The first kappa shape index (κ1) is 16.0. The van der Waals surface area contributed by atoms with Crippen LogP contribution in [-0.4, -0.2) is 39.0 Å². The van der Waals surface area contributed by atoms with Crippen molar-refractivity contribution in [3.63, 3.8) is 0 Å². The average molecular weight is 284 g/mol. The molecule has 0 amide bonds. The smallest absolute Gasteiger partial charge is 0.164 e. The number of rotatable bonds is 6. The molecule has 0 atom stereocenters. The molecule has 0 aromatic heterocycles. The van der Waals surface area contributed by atoms with Gasteiger partial charge in [-0.05, 0) is 19.3 Å². The van der Waals surface area contributed by atoms with Crippen LogP contribution >= 0.6 is 0 Å². The van der Waals surface area contributed by atoms with E-state index in [9.17, 15) is 0 Å². The third-order valence-electron chi connectivity index (χ3n) is 3.76. The molecule has 0 bridgehead atoms. The van der Waals surface area contributed by atoms with Crippen LogP contribution in [0.5, 0.6) is 0 Å². The van der Waals surface area contributed by atoms with Crippen molar-refractivity contribution < 1.29 is 18.9 Å². The zero-order valence-electron chi connectivity index (χ0n) is 12.8. The molecule has 2 fully saturated rings. The summed E-state index contributed by atoms with van der Waals surface area (Å²) in [5.41, 5.74) is 0. The molecule has 2 aliphatic heterocycles. The Kier molecular flexibility index (Phi) is 7.00. The van der Waals surface area contributed by atoms with E-state index in [4.69, 9.17) is 18.9 Å². The van der Waals surface area contributed by atoms with Crippen LogP contribution in [-0.2, 0) is 18.9 Å². The molecular weight excluding hydrogens is 256 g/mol.